The van der Waals surface area contributed by atoms with Gasteiger partial charge in [0, 0.05) is 24.8 Å². The van der Waals surface area contributed by atoms with Gasteiger partial charge in [-0.15, -0.1) is 0 Å². The second kappa shape index (κ2) is 7.74. The van der Waals surface area contributed by atoms with E-state index in [2.05, 4.69) is 36.5 Å². The van der Waals surface area contributed by atoms with E-state index in [0.29, 0.717) is 19.4 Å². The maximum absolute atomic E-state index is 13.0. The molecule has 0 unspecified atom stereocenters. The first-order chi connectivity index (χ1) is 13.5. The molecule has 0 radical (unpaired) electrons. The number of aliphatic carboxylic acids is 1. The quantitative estimate of drug-likeness (QED) is 0.835. The van der Waals surface area contributed by atoms with E-state index in [1.54, 1.807) is 0 Å². The standard InChI is InChI=1S/C22H31N3O3/c1-22(10-12-23-13-11-22)17-4-8-19(9-5-17)25-15-14-24(21(25)28)18-6-2-16(3-7-18)20(26)27/h4-5,8-9,16,18,23H,2-3,6-7,10-15H2,1H3,(H,26,27). The first-order valence-electron chi connectivity index (χ1n) is 10.6. The van der Waals surface area contributed by atoms with Crippen molar-refractivity contribution in [2.24, 2.45) is 5.92 Å². The Labute approximate surface area is 166 Å². The molecule has 1 aliphatic carbocycles. The third kappa shape index (κ3) is 3.62. The smallest absolute Gasteiger partial charge is 0.324 e. The minimum atomic E-state index is -0.699. The molecule has 2 saturated heterocycles. The molecule has 2 N–H and O–H groups in total. The number of benzene rings is 1. The van der Waals surface area contributed by atoms with Crippen LogP contribution in [0.15, 0.2) is 24.3 Å². The maximum atomic E-state index is 13.0. The molecule has 2 aliphatic heterocycles. The van der Waals surface area contributed by atoms with Crippen LogP contribution in [-0.2, 0) is 10.2 Å². The predicted molar refractivity (Wildman–Crippen MR) is 109 cm³/mol. The zero-order chi connectivity index (χ0) is 19.7. The van der Waals surface area contributed by atoms with Crippen LogP contribution in [0.25, 0.3) is 0 Å². The molecule has 1 aromatic carbocycles. The summed E-state index contributed by atoms with van der Waals surface area (Å²) in [6.45, 7) is 5.88. The fourth-order valence-electron chi connectivity index (χ4n) is 5.08. The molecule has 152 valence electrons. The average Bonchev–Trinajstić information content (AvgIpc) is 3.10. The van der Waals surface area contributed by atoms with E-state index in [0.717, 1.165) is 51.0 Å². The Morgan fingerprint density at radius 3 is 2.32 bits per heavy atom. The van der Waals surface area contributed by atoms with Crippen LogP contribution in [0.2, 0.25) is 0 Å². The number of carbonyl (C=O) groups is 2. The van der Waals surface area contributed by atoms with Crippen molar-refractivity contribution in [3.05, 3.63) is 29.8 Å². The van der Waals surface area contributed by atoms with Gasteiger partial charge in [-0.05, 0) is 74.7 Å². The summed E-state index contributed by atoms with van der Waals surface area (Å²) >= 11 is 0. The van der Waals surface area contributed by atoms with Crippen LogP contribution in [0, 0.1) is 5.92 Å². The average molecular weight is 386 g/mol. The van der Waals surface area contributed by atoms with E-state index in [1.807, 2.05) is 9.80 Å². The van der Waals surface area contributed by atoms with Gasteiger partial charge in [0.2, 0.25) is 0 Å². The number of rotatable bonds is 4. The number of hydrogen-bond acceptors (Lipinski definition) is 3. The van der Waals surface area contributed by atoms with E-state index < -0.39 is 5.97 Å². The van der Waals surface area contributed by atoms with Gasteiger partial charge in [-0.3, -0.25) is 9.69 Å². The number of hydrogen-bond donors (Lipinski definition) is 2. The Balaban J connectivity index is 1.40. The molecule has 4 rings (SSSR count). The molecular formula is C22H31N3O3. The molecule has 2 amide bonds. The molecule has 3 fully saturated rings. The number of nitrogens with zero attached hydrogens (tertiary/aromatic N) is 2. The summed E-state index contributed by atoms with van der Waals surface area (Å²) in [7, 11) is 0. The summed E-state index contributed by atoms with van der Waals surface area (Å²) < 4.78 is 0. The Bertz CT molecular complexity index is 719. The molecule has 1 saturated carbocycles. The highest BCUT2D eigenvalue weighted by atomic mass is 16.4. The Morgan fingerprint density at radius 2 is 1.71 bits per heavy atom. The minimum absolute atomic E-state index is 0.0691. The van der Waals surface area contributed by atoms with Crippen molar-refractivity contribution < 1.29 is 14.7 Å². The number of urea groups is 1. The van der Waals surface area contributed by atoms with E-state index in [-0.39, 0.29) is 23.4 Å². The second-order valence-corrected chi connectivity index (χ2v) is 8.83. The number of carboxylic acids is 1. The lowest BCUT2D eigenvalue weighted by Crippen LogP contribution is -2.42. The topological polar surface area (TPSA) is 72.9 Å². The van der Waals surface area contributed by atoms with E-state index >= 15 is 0 Å². The summed E-state index contributed by atoms with van der Waals surface area (Å²) in [6.07, 6.45) is 5.21. The molecule has 3 aliphatic rings. The van der Waals surface area contributed by atoms with Crippen LogP contribution in [0.5, 0.6) is 0 Å². The van der Waals surface area contributed by atoms with Gasteiger partial charge in [-0.1, -0.05) is 19.1 Å². The highest BCUT2D eigenvalue weighted by Crippen LogP contribution is 2.35. The third-order valence-electron chi connectivity index (χ3n) is 7.11. The van der Waals surface area contributed by atoms with Gasteiger partial charge in [-0.25, -0.2) is 4.79 Å². The molecule has 0 aromatic heterocycles. The van der Waals surface area contributed by atoms with Crippen molar-refractivity contribution in [3.63, 3.8) is 0 Å². The molecule has 0 bridgehead atoms. The van der Waals surface area contributed by atoms with Crippen LogP contribution < -0.4 is 10.2 Å². The van der Waals surface area contributed by atoms with Gasteiger partial charge in [0.05, 0.1) is 5.92 Å². The van der Waals surface area contributed by atoms with Gasteiger partial charge >= 0.3 is 12.0 Å². The van der Waals surface area contributed by atoms with E-state index in [9.17, 15) is 14.7 Å². The molecular weight excluding hydrogens is 354 g/mol. The number of amides is 2. The fraction of sp³-hybridized carbons (Fsp3) is 0.636. The second-order valence-electron chi connectivity index (χ2n) is 8.83. The van der Waals surface area contributed by atoms with Crippen LogP contribution in [0.3, 0.4) is 0 Å². The summed E-state index contributed by atoms with van der Waals surface area (Å²) in [4.78, 5) is 28.0. The van der Waals surface area contributed by atoms with Crippen LogP contribution in [0.4, 0.5) is 10.5 Å². The van der Waals surface area contributed by atoms with Crippen molar-refractivity contribution in [3.8, 4) is 0 Å². The Kier molecular flexibility index (Phi) is 5.32. The number of nitrogens with one attached hydrogen (secondary N) is 1. The van der Waals surface area contributed by atoms with Gasteiger partial charge in [0.15, 0.2) is 0 Å². The number of carboxylic acid groups (broad SMARTS) is 1. The molecule has 0 atom stereocenters. The van der Waals surface area contributed by atoms with Crippen LogP contribution in [0.1, 0.15) is 51.0 Å². The van der Waals surface area contributed by atoms with Crippen molar-refractivity contribution in [1.29, 1.82) is 0 Å². The molecule has 2 heterocycles. The van der Waals surface area contributed by atoms with Gasteiger partial charge in [0.1, 0.15) is 0 Å². The normalized spacial score (nSPS) is 27.8. The van der Waals surface area contributed by atoms with E-state index in [1.165, 1.54) is 5.56 Å². The molecule has 1 aromatic rings. The highest BCUT2D eigenvalue weighted by molar-refractivity contribution is 5.94. The molecule has 28 heavy (non-hydrogen) atoms. The summed E-state index contributed by atoms with van der Waals surface area (Å²) in [5, 5.41) is 12.6. The van der Waals surface area contributed by atoms with Gasteiger partial charge in [0.25, 0.3) is 0 Å². The van der Waals surface area contributed by atoms with Crippen molar-refractivity contribution in [2.45, 2.75) is 56.9 Å². The van der Waals surface area contributed by atoms with Gasteiger partial charge in [-0.2, -0.15) is 0 Å². The summed E-state index contributed by atoms with van der Waals surface area (Å²) in [6, 6.07) is 8.81. The third-order valence-corrected chi connectivity index (χ3v) is 7.11. The lowest BCUT2D eigenvalue weighted by molar-refractivity contribution is -0.143. The SMILES string of the molecule is CC1(c2ccc(N3CCN(C4CCC(C(=O)O)CC4)C3=O)cc2)CCNCC1. The van der Waals surface area contributed by atoms with Gasteiger partial charge < -0.3 is 15.3 Å². The molecule has 6 nitrogen and oxygen atoms in total. The summed E-state index contributed by atoms with van der Waals surface area (Å²) in [5.41, 5.74) is 2.54. The number of piperidine rings is 1. The molecule has 6 heteroatoms. The first kappa shape index (κ1) is 19.2. The fourth-order valence-corrected chi connectivity index (χ4v) is 5.08. The van der Waals surface area contributed by atoms with Crippen LogP contribution in [-0.4, -0.2) is 54.2 Å². The zero-order valence-electron chi connectivity index (χ0n) is 16.7. The van der Waals surface area contributed by atoms with E-state index in [4.69, 9.17) is 0 Å². The monoisotopic (exact) mass is 385 g/mol. The number of anilines is 1. The predicted octanol–water partition coefficient (Wildman–Crippen LogP) is 3.21. The lowest BCUT2D eigenvalue weighted by atomic mass is 9.75. The maximum Gasteiger partial charge on any atom is 0.324 e. The Hall–Kier alpha value is -2.08. The number of carbonyl (C=O) groups excluding carboxylic acids is 1. The minimum Gasteiger partial charge on any atom is -0.481 e. The Morgan fingerprint density at radius 1 is 1.07 bits per heavy atom. The van der Waals surface area contributed by atoms with Crippen molar-refractivity contribution >= 4 is 17.7 Å². The highest BCUT2D eigenvalue weighted by Gasteiger charge is 2.37. The summed E-state index contributed by atoms with van der Waals surface area (Å²) in [5.74, 6) is -0.940. The van der Waals surface area contributed by atoms with Crippen molar-refractivity contribution in [2.75, 3.05) is 31.1 Å². The van der Waals surface area contributed by atoms with Crippen LogP contribution >= 0.6 is 0 Å². The zero-order valence-corrected chi connectivity index (χ0v) is 16.7. The largest absolute Gasteiger partial charge is 0.481 e. The first-order valence-corrected chi connectivity index (χ1v) is 10.6. The van der Waals surface area contributed by atoms with Crippen molar-refractivity contribution in [1.82, 2.24) is 10.2 Å². The lowest BCUT2D eigenvalue weighted by Gasteiger charge is -2.35. The molecule has 0 spiro atoms.